The van der Waals surface area contributed by atoms with Crippen LogP contribution < -0.4 is 5.32 Å². The molecule has 3 fully saturated rings. The first-order valence-corrected chi connectivity index (χ1v) is 7.27. The highest BCUT2D eigenvalue weighted by molar-refractivity contribution is 5.81. The van der Waals surface area contributed by atoms with Gasteiger partial charge in [0.25, 0.3) is 0 Å². The van der Waals surface area contributed by atoms with Crippen molar-refractivity contribution in [3.63, 3.8) is 0 Å². The molecule has 3 rings (SSSR count). The van der Waals surface area contributed by atoms with Gasteiger partial charge < -0.3 is 10.2 Å². The summed E-state index contributed by atoms with van der Waals surface area (Å²) in [5.41, 5.74) is 0. The molecule has 0 bridgehead atoms. The molecule has 0 unspecified atom stereocenters. The standard InChI is InChI=1S/C14H24N2O/c1-10-8-13(9-10)15-12-4-6-16(7-5-12)14(17)11-2-3-11/h10-13,15H,2-9H2,1H3. The van der Waals surface area contributed by atoms with Crippen molar-refractivity contribution in [2.24, 2.45) is 11.8 Å². The molecule has 0 atom stereocenters. The number of likely N-dealkylation sites (tertiary alicyclic amines) is 1. The van der Waals surface area contributed by atoms with E-state index < -0.39 is 0 Å². The van der Waals surface area contributed by atoms with E-state index in [0.29, 0.717) is 17.9 Å². The highest BCUT2D eigenvalue weighted by atomic mass is 16.2. The van der Waals surface area contributed by atoms with E-state index >= 15 is 0 Å². The molecule has 3 nitrogen and oxygen atoms in total. The van der Waals surface area contributed by atoms with Gasteiger partial charge in [0.1, 0.15) is 0 Å². The van der Waals surface area contributed by atoms with E-state index in [9.17, 15) is 4.79 Å². The zero-order valence-corrected chi connectivity index (χ0v) is 10.8. The molecule has 0 aromatic carbocycles. The predicted octanol–water partition coefficient (Wildman–Crippen LogP) is 1.78. The highest BCUT2D eigenvalue weighted by Crippen LogP contribution is 2.32. The maximum atomic E-state index is 11.9. The van der Waals surface area contributed by atoms with Crippen LogP contribution >= 0.6 is 0 Å². The van der Waals surface area contributed by atoms with Crippen LogP contribution in [0.1, 0.15) is 45.4 Å². The Hall–Kier alpha value is -0.570. The number of hydrogen-bond acceptors (Lipinski definition) is 2. The number of nitrogens with one attached hydrogen (secondary N) is 1. The van der Waals surface area contributed by atoms with Crippen LogP contribution in [-0.2, 0) is 4.79 Å². The van der Waals surface area contributed by atoms with E-state index in [1.807, 2.05) is 0 Å². The molecule has 1 aliphatic heterocycles. The Balaban J connectivity index is 1.39. The molecule has 1 heterocycles. The smallest absolute Gasteiger partial charge is 0.225 e. The van der Waals surface area contributed by atoms with Crippen LogP contribution in [0, 0.1) is 11.8 Å². The Labute approximate surface area is 104 Å². The Morgan fingerprint density at radius 2 is 1.71 bits per heavy atom. The molecule has 3 aliphatic rings. The summed E-state index contributed by atoms with van der Waals surface area (Å²) in [4.78, 5) is 14.0. The van der Waals surface area contributed by atoms with E-state index in [1.165, 1.54) is 12.8 Å². The maximum absolute atomic E-state index is 11.9. The van der Waals surface area contributed by atoms with Crippen molar-refractivity contribution in [3.8, 4) is 0 Å². The molecule has 3 heteroatoms. The number of hydrogen-bond donors (Lipinski definition) is 1. The minimum atomic E-state index is 0.395. The van der Waals surface area contributed by atoms with Gasteiger partial charge in [0.15, 0.2) is 0 Å². The van der Waals surface area contributed by atoms with Crippen LogP contribution in [0.3, 0.4) is 0 Å². The molecule has 0 aromatic heterocycles. The number of piperidine rings is 1. The number of nitrogens with zero attached hydrogens (tertiary/aromatic N) is 1. The zero-order valence-electron chi connectivity index (χ0n) is 10.8. The molecule has 17 heavy (non-hydrogen) atoms. The van der Waals surface area contributed by atoms with Crippen LogP contribution in [0.2, 0.25) is 0 Å². The third-order valence-corrected chi connectivity index (χ3v) is 4.58. The SMILES string of the molecule is CC1CC(NC2CCN(C(=O)C3CC3)CC2)C1. The highest BCUT2D eigenvalue weighted by Gasteiger charge is 2.35. The van der Waals surface area contributed by atoms with Gasteiger partial charge >= 0.3 is 0 Å². The molecule has 96 valence electrons. The van der Waals surface area contributed by atoms with Crippen molar-refractivity contribution in [1.82, 2.24) is 10.2 Å². The normalized spacial score (nSPS) is 34.5. The molecule has 1 amide bonds. The second-order valence-corrected chi connectivity index (χ2v) is 6.31. The monoisotopic (exact) mass is 236 g/mol. The van der Waals surface area contributed by atoms with Gasteiger partial charge in [-0.25, -0.2) is 0 Å². The van der Waals surface area contributed by atoms with Gasteiger partial charge in [0, 0.05) is 31.1 Å². The van der Waals surface area contributed by atoms with Crippen molar-refractivity contribution in [2.45, 2.75) is 57.5 Å². The second-order valence-electron chi connectivity index (χ2n) is 6.31. The minimum Gasteiger partial charge on any atom is -0.342 e. The van der Waals surface area contributed by atoms with E-state index in [2.05, 4.69) is 17.1 Å². The van der Waals surface area contributed by atoms with Crippen molar-refractivity contribution in [3.05, 3.63) is 0 Å². The van der Waals surface area contributed by atoms with Crippen molar-refractivity contribution in [1.29, 1.82) is 0 Å². The summed E-state index contributed by atoms with van der Waals surface area (Å²) in [5, 5.41) is 3.75. The second kappa shape index (κ2) is 4.60. The minimum absolute atomic E-state index is 0.395. The Bertz CT molecular complexity index is 287. The first-order chi connectivity index (χ1) is 8.22. The average Bonchev–Trinajstić information content (AvgIpc) is 3.11. The molecule has 1 N–H and O–H groups in total. The van der Waals surface area contributed by atoms with Crippen LogP contribution in [-0.4, -0.2) is 36.0 Å². The zero-order chi connectivity index (χ0) is 11.8. The third-order valence-electron chi connectivity index (χ3n) is 4.58. The Morgan fingerprint density at radius 1 is 1.06 bits per heavy atom. The van der Waals surface area contributed by atoms with Crippen LogP contribution in [0.15, 0.2) is 0 Å². The lowest BCUT2D eigenvalue weighted by atomic mass is 9.81. The fraction of sp³-hybridized carbons (Fsp3) is 0.929. The van der Waals surface area contributed by atoms with E-state index in [-0.39, 0.29) is 0 Å². The quantitative estimate of drug-likeness (QED) is 0.810. The summed E-state index contributed by atoms with van der Waals surface area (Å²) in [5.74, 6) is 1.75. The van der Waals surface area contributed by atoms with Crippen LogP contribution in [0.5, 0.6) is 0 Å². The van der Waals surface area contributed by atoms with Gasteiger partial charge in [0.2, 0.25) is 5.91 Å². The van der Waals surface area contributed by atoms with Gasteiger partial charge in [0.05, 0.1) is 0 Å². The fourth-order valence-corrected chi connectivity index (χ4v) is 3.23. The third kappa shape index (κ3) is 2.65. The summed E-state index contributed by atoms with van der Waals surface area (Å²) in [6, 6.07) is 1.43. The van der Waals surface area contributed by atoms with Crippen molar-refractivity contribution < 1.29 is 4.79 Å². The van der Waals surface area contributed by atoms with Crippen molar-refractivity contribution >= 4 is 5.91 Å². The molecule has 2 saturated carbocycles. The molecular weight excluding hydrogens is 212 g/mol. The van der Waals surface area contributed by atoms with E-state index in [0.717, 1.165) is 50.7 Å². The summed E-state index contributed by atoms with van der Waals surface area (Å²) >= 11 is 0. The molecule has 0 aromatic rings. The van der Waals surface area contributed by atoms with Gasteiger partial charge in [-0.2, -0.15) is 0 Å². The van der Waals surface area contributed by atoms with Gasteiger partial charge in [-0.15, -0.1) is 0 Å². The van der Waals surface area contributed by atoms with Gasteiger partial charge in [-0.3, -0.25) is 4.79 Å². The lowest BCUT2D eigenvalue weighted by Gasteiger charge is -2.39. The molecular formula is C14H24N2O. The Kier molecular flexibility index (Phi) is 3.12. The summed E-state index contributed by atoms with van der Waals surface area (Å²) < 4.78 is 0. The van der Waals surface area contributed by atoms with Crippen LogP contribution in [0.25, 0.3) is 0 Å². The van der Waals surface area contributed by atoms with E-state index in [1.54, 1.807) is 0 Å². The number of amides is 1. The summed E-state index contributed by atoms with van der Waals surface area (Å²) in [6.07, 6.45) is 7.28. The predicted molar refractivity (Wildman–Crippen MR) is 67.6 cm³/mol. The molecule has 0 radical (unpaired) electrons. The number of carbonyl (C=O) groups excluding carboxylic acids is 1. The fourth-order valence-electron chi connectivity index (χ4n) is 3.23. The first kappa shape index (κ1) is 11.5. The lowest BCUT2D eigenvalue weighted by molar-refractivity contribution is -0.133. The summed E-state index contributed by atoms with van der Waals surface area (Å²) in [6.45, 7) is 4.29. The lowest BCUT2D eigenvalue weighted by Crippen LogP contribution is -2.51. The molecule has 0 spiro atoms. The first-order valence-electron chi connectivity index (χ1n) is 7.27. The Morgan fingerprint density at radius 3 is 2.24 bits per heavy atom. The average molecular weight is 236 g/mol. The largest absolute Gasteiger partial charge is 0.342 e. The summed E-state index contributed by atoms with van der Waals surface area (Å²) in [7, 11) is 0. The maximum Gasteiger partial charge on any atom is 0.225 e. The van der Waals surface area contributed by atoms with Crippen molar-refractivity contribution in [2.75, 3.05) is 13.1 Å². The number of carbonyl (C=O) groups is 1. The van der Waals surface area contributed by atoms with Gasteiger partial charge in [-0.1, -0.05) is 6.92 Å². The number of rotatable bonds is 3. The molecule has 1 saturated heterocycles. The molecule has 2 aliphatic carbocycles. The van der Waals surface area contributed by atoms with E-state index in [4.69, 9.17) is 0 Å². The van der Waals surface area contributed by atoms with Gasteiger partial charge in [-0.05, 0) is 44.4 Å². The topological polar surface area (TPSA) is 32.3 Å². The van der Waals surface area contributed by atoms with Crippen LogP contribution in [0.4, 0.5) is 0 Å².